The first-order chi connectivity index (χ1) is 9.78. The summed E-state index contributed by atoms with van der Waals surface area (Å²) in [7, 11) is 2.18. The van der Waals surface area contributed by atoms with Crippen molar-refractivity contribution in [1.82, 2.24) is 9.80 Å². The molecule has 0 saturated carbocycles. The van der Waals surface area contributed by atoms with E-state index in [-0.39, 0.29) is 0 Å². The molecular weight excluding hydrogens is 252 g/mol. The molecule has 6 nitrogen and oxygen atoms in total. The minimum absolute atomic E-state index is 0.650. The molecule has 0 unspecified atom stereocenters. The molecule has 2 rings (SSSR count). The lowest BCUT2D eigenvalue weighted by Crippen LogP contribution is -2.44. The van der Waals surface area contributed by atoms with Crippen molar-refractivity contribution in [2.45, 2.75) is 6.42 Å². The second kappa shape index (κ2) is 7.75. The van der Waals surface area contributed by atoms with Crippen molar-refractivity contribution in [3.05, 3.63) is 34.7 Å². The van der Waals surface area contributed by atoms with Gasteiger partial charge in [-0.15, -0.1) is 0 Å². The zero-order valence-electron chi connectivity index (χ0n) is 12.0. The highest BCUT2D eigenvalue weighted by Gasteiger charge is 2.12. The number of hydrogen-bond donors (Lipinski definition) is 1. The predicted octanol–water partition coefficient (Wildman–Crippen LogP) is 2.68. The highest BCUT2D eigenvalue weighted by Crippen LogP contribution is 2.17. The number of hydrogen-bond acceptors (Lipinski definition) is 4. The Bertz CT molecular complexity index is 460. The van der Waals surface area contributed by atoms with E-state index in [1.54, 1.807) is 6.07 Å². The molecule has 1 heterocycles. The lowest BCUT2D eigenvalue weighted by Gasteiger charge is -2.32. The quantitative estimate of drug-likeness (QED) is 0.375. The summed E-state index contributed by atoms with van der Waals surface area (Å²) in [5.74, 6) is 0. The second-order valence-electron chi connectivity index (χ2n) is 5.17. The van der Waals surface area contributed by atoms with Gasteiger partial charge in [0.15, 0.2) is 0 Å². The maximum Gasteiger partial charge on any atom is 0.0395 e. The van der Waals surface area contributed by atoms with Gasteiger partial charge in [0, 0.05) is 49.0 Å². The van der Waals surface area contributed by atoms with Crippen LogP contribution in [0.3, 0.4) is 0 Å². The van der Waals surface area contributed by atoms with Crippen molar-refractivity contribution in [2.75, 3.05) is 51.6 Å². The van der Waals surface area contributed by atoms with E-state index in [9.17, 15) is 0 Å². The molecule has 0 atom stereocenters. The Morgan fingerprint density at radius 2 is 2.10 bits per heavy atom. The molecule has 1 N–H and O–H groups in total. The fourth-order valence-electron chi connectivity index (χ4n) is 2.34. The van der Waals surface area contributed by atoms with Crippen LogP contribution in [0.25, 0.3) is 10.4 Å². The molecule has 0 bridgehead atoms. The van der Waals surface area contributed by atoms with Gasteiger partial charge in [-0.05, 0) is 37.7 Å². The second-order valence-corrected chi connectivity index (χ2v) is 5.17. The number of piperazine rings is 1. The Balaban J connectivity index is 1.68. The van der Waals surface area contributed by atoms with Crippen LogP contribution in [0.5, 0.6) is 0 Å². The Kier molecular flexibility index (Phi) is 5.68. The Morgan fingerprint density at radius 1 is 1.30 bits per heavy atom. The molecule has 0 radical (unpaired) electrons. The molecule has 6 heteroatoms. The molecule has 1 aliphatic heterocycles. The van der Waals surface area contributed by atoms with E-state index in [0.717, 1.165) is 25.2 Å². The third-order valence-corrected chi connectivity index (χ3v) is 3.58. The lowest BCUT2D eigenvalue weighted by atomic mass is 10.2. The van der Waals surface area contributed by atoms with Gasteiger partial charge in [0.05, 0.1) is 0 Å². The molecule has 0 spiro atoms. The van der Waals surface area contributed by atoms with E-state index in [4.69, 9.17) is 5.53 Å². The molecule has 0 aromatic heterocycles. The maximum absolute atomic E-state index is 8.42. The van der Waals surface area contributed by atoms with Crippen molar-refractivity contribution in [3.63, 3.8) is 0 Å². The number of nitrogens with one attached hydrogen (secondary N) is 1. The molecule has 0 amide bonds. The summed E-state index contributed by atoms with van der Waals surface area (Å²) in [4.78, 5) is 7.68. The van der Waals surface area contributed by atoms with Gasteiger partial charge in [0.2, 0.25) is 0 Å². The van der Waals surface area contributed by atoms with E-state index in [1.807, 2.05) is 18.2 Å². The number of azide groups is 1. The Labute approximate surface area is 120 Å². The van der Waals surface area contributed by atoms with E-state index < -0.39 is 0 Å². The van der Waals surface area contributed by atoms with Crippen LogP contribution >= 0.6 is 0 Å². The van der Waals surface area contributed by atoms with Gasteiger partial charge in [-0.3, -0.25) is 0 Å². The predicted molar refractivity (Wildman–Crippen MR) is 82.3 cm³/mol. The summed E-state index contributed by atoms with van der Waals surface area (Å²) < 4.78 is 0. The summed E-state index contributed by atoms with van der Waals surface area (Å²) in [5.41, 5.74) is 10.1. The third kappa shape index (κ3) is 4.74. The zero-order valence-corrected chi connectivity index (χ0v) is 12.0. The standard InChI is InChI=1S/C14H22N6/c1-19-8-10-20(11-9-19)7-3-6-16-13-4-2-5-14(12-13)17-18-15/h2,4-5,12,16H,3,6-11H2,1H3. The van der Waals surface area contributed by atoms with Crippen LogP contribution < -0.4 is 5.32 Å². The van der Waals surface area contributed by atoms with Crippen molar-refractivity contribution >= 4 is 11.4 Å². The molecule has 1 fully saturated rings. The molecule has 1 saturated heterocycles. The SMILES string of the molecule is CN1CCN(CCCNc2cccc(N=[N+]=[N-])c2)CC1. The molecule has 20 heavy (non-hydrogen) atoms. The molecule has 1 aromatic carbocycles. The van der Waals surface area contributed by atoms with Crippen LogP contribution in [0.2, 0.25) is 0 Å². The van der Waals surface area contributed by atoms with E-state index in [2.05, 4.69) is 32.2 Å². The van der Waals surface area contributed by atoms with Gasteiger partial charge in [-0.1, -0.05) is 17.2 Å². The topological polar surface area (TPSA) is 67.3 Å². The van der Waals surface area contributed by atoms with E-state index >= 15 is 0 Å². The van der Waals surface area contributed by atoms with Crippen LogP contribution in [0.4, 0.5) is 11.4 Å². The summed E-state index contributed by atoms with van der Waals surface area (Å²) in [6, 6.07) is 7.56. The summed E-state index contributed by atoms with van der Waals surface area (Å²) in [5, 5.41) is 6.98. The third-order valence-electron chi connectivity index (χ3n) is 3.58. The van der Waals surface area contributed by atoms with Crippen LogP contribution in [-0.2, 0) is 0 Å². The minimum atomic E-state index is 0.650. The monoisotopic (exact) mass is 274 g/mol. The Hall–Kier alpha value is -1.75. The van der Waals surface area contributed by atoms with E-state index in [0.29, 0.717) is 5.69 Å². The summed E-state index contributed by atoms with van der Waals surface area (Å²) in [6.07, 6.45) is 1.12. The number of anilines is 1. The molecule has 1 aliphatic rings. The van der Waals surface area contributed by atoms with Crippen molar-refractivity contribution < 1.29 is 0 Å². The van der Waals surface area contributed by atoms with Crippen molar-refractivity contribution in [2.24, 2.45) is 5.11 Å². The smallest absolute Gasteiger partial charge is 0.0395 e. The van der Waals surface area contributed by atoms with Gasteiger partial charge in [0.25, 0.3) is 0 Å². The lowest BCUT2D eigenvalue weighted by molar-refractivity contribution is 0.154. The first-order valence-corrected chi connectivity index (χ1v) is 7.08. The molecule has 1 aromatic rings. The molecular formula is C14H22N6. The molecule has 0 aliphatic carbocycles. The molecule has 108 valence electrons. The zero-order chi connectivity index (χ0) is 14.2. The first kappa shape index (κ1) is 14.7. The average molecular weight is 274 g/mol. The fourth-order valence-corrected chi connectivity index (χ4v) is 2.34. The van der Waals surface area contributed by atoms with Crippen LogP contribution in [-0.4, -0.2) is 56.1 Å². The van der Waals surface area contributed by atoms with Gasteiger partial charge in [-0.2, -0.15) is 0 Å². The van der Waals surface area contributed by atoms with Crippen LogP contribution in [0.15, 0.2) is 29.4 Å². The number of likely N-dealkylation sites (N-methyl/N-ethyl adjacent to an activating group) is 1. The fraction of sp³-hybridized carbons (Fsp3) is 0.571. The van der Waals surface area contributed by atoms with E-state index in [1.165, 1.54) is 26.2 Å². The van der Waals surface area contributed by atoms with Gasteiger partial charge in [-0.25, -0.2) is 0 Å². The summed E-state index contributed by atoms with van der Waals surface area (Å²) in [6.45, 7) is 6.75. The van der Waals surface area contributed by atoms with Gasteiger partial charge >= 0.3 is 0 Å². The summed E-state index contributed by atoms with van der Waals surface area (Å²) >= 11 is 0. The number of rotatable bonds is 6. The average Bonchev–Trinajstić information content (AvgIpc) is 2.46. The van der Waals surface area contributed by atoms with Crippen molar-refractivity contribution in [1.29, 1.82) is 0 Å². The van der Waals surface area contributed by atoms with Gasteiger partial charge < -0.3 is 15.1 Å². The Morgan fingerprint density at radius 3 is 2.85 bits per heavy atom. The van der Waals surface area contributed by atoms with Gasteiger partial charge in [0.1, 0.15) is 0 Å². The first-order valence-electron chi connectivity index (χ1n) is 7.08. The normalized spacial score (nSPS) is 16.6. The maximum atomic E-state index is 8.42. The highest BCUT2D eigenvalue weighted by molar-refractivity contribution is 5.53. The number of nitrogens with zero attached hydrogens (tertiary/aromatic N) is 5. The number of benzene rings is 1. The largest absolute Gasteiger partial charge is 0.385 e. The highest BCUT2D eigenvalue weighted by atomic mass is 15.2. The van der Waals surface area contributed by atoms with Crippen molar-refractivity contribution in [3.8, 4) is 0 Å². The minimum Gasteiger partial charge on any atom is -0.385 e. The van der Waals surface area contributed by atoms with Crippen LogP contribution in [0, 0.1) is 0 Å². The van der Waals surface area contributed by atoms with Crippen LogP contribution in [0.1, 0.15) is 6.42 Å².